The Kier molecular flexibility index (Phi) is 4.23. The standard InChI is InChI=1S/C10H10Cl2O2/c11-6-8(5-10(13)14)7-1-3-9(12)4-2-7/h1-4,8H,5-6H2,(H,13,14)/t8-/m0/s1. The lowest BCUT2D eigenvalue weighted by Gasteiger charge is -2.11. The summed E-state index contributed by atoms with van der Waals surface area (Å²) in [6.45, 7) is 0. The van der Waals surface area contributed by atoms with Crippen molar-refractivity contribution < 1.29 is 9.90 Å². The number of alkyl halides is 1. The lowest BCUT2D eigenvalue weighted by atomic mass is 9.98. The molecule has 0 heterocycles. The van der Waals surface area contributed by atoms with E-state index in [0.29, 0.717) is 10.9 Å². The van der Waals surface area contributed by atoms with Gasteiger partial charge in [-0.05, 0) is 17.7 Å². The van der Waals surface area contributed by atoms with Gasteiger partial charge < -0.3 is 5.11 Å². The van der Waals surface area contributed by atoms with Gasteiger partial charge in [0.2, 0.25) is 0 Å². The largest absolute Gasteiger partial charge is 0.481 e. The van der Waals surface area contributed by atoms with Gasteiger partial charge in [-0.2, -0.15) is 0 Å². The van der Waals surface area contributed by atoms with Crippen LogP contribution in [-0.4, -0.2) is 17.0 Å². The molecule has 1 aromatic carbocycles. The lowest BCUT2D eigenvalue weighted by Crippen LogP contribution is -2.07. The molecular weight excluding hydrogens is 223 g/mol. The third kappa shape index (κ3) is 3.20. The average molecular weight is 233 g/mol. The van der Waals surface area contributed by atoms with Crippen LogP contribution < -0.4 is 0 Å². The van der Waals surface area contributed by atoms with E-state index in [0.717, 1.165) is 5.56 Å². The van der Waals surface area contributed by atoms with Crippen molar-refractivity contribution in [3.05, 3.63) is 34.9 Å². The highest BCUT2D eigenvalue weighted by atomic mass is 35.5. The van der Waals surface area contributed by atoms with Crippen molar-refractivity contribution in [2.24, 2.45) is 0 Å². The quantitative estimate of drug-likeness (QED) is 0.811. The van der Waals surface area contributed by atoms with E-state index in [1.54, 1.807) is 24.3 Å². The summed E-state index contributed by atoms with van der Waals surface area (Å²) < 4.78 is 0. The Labute approximate surface area is 92.5 Å². The molecule has 1 aromatic rings. The molecule has 0 fully saturated rings. The van der Waals surface area contributed by atoms with Crippen LogP contribution >= 0.6 is 23.2 Å². The van der Waals surface area contributed by atoms with Crippen molar-refractivity contribution in [1.29, 1.82) is 0 Å². The SMILES string of the molecule is O=C(O)C[C@@H](CCl)c1ccc(Cl)cc1. The summed E-state index contributed by atoms with van der Waals surface area (Å²) in [4.78, 5) is 10.5. The third-order valence-electron chi connectivity index (χ3n) is 1.95. The van der Waals surface area contributed by atoms with Crippen LogP contribution in [0.25, 0.3) is 0 Å². The zero-order valence-corrected chi connectivity index (χ0v) is 8.92. The number of aliphatic carboxylic acids is 1. The predicted octanol–water partition coefficient (Wildman–Crippen LogP) is 3.14. The number of hydrogen-bond donors (Lipinski definition) is 1. The Hall–Kier alpha value is -0.730. The minimum absolute atomic E-state index is 0.0468. The van der Waals surface area contributed by atoms with E-state index < -0.39 is 5.97 Å². The van der Waals surface area contributed by atoms with Gasteiger partial charge in [0.05, 0.1) is 6.42 Å². The fourth-order valence-electron chi connectivity index (χ4n) is 1.21. The third-order valence-corrected chi connectivity index (χ3v) is 2.57. The fraction of sp³-hybridized carbons (Fsp3) is 0.300. The molecule has 0 aliphatic heterocycles. The highest BCUT2D eigenvalue weighted by Crippen LogP contribution is 2.22. The van der Waals surface area contributed by atoms with Crippen molar-refractivity contribution in [1.82, 2.24) is 0 Å². The van der Waals surface area contributed by atoms with Gasteiger partial charge in [0, 0.05) is 16.8 Å². The first-order valence-electron chi connectivity index (χ1n) is 4.16. The second-order valence-electron chi connectivity index (χ2n) is 3.00. The number of carboxylic acid groups (broad SMARTS) is 1. The van der Waals surface area contributed by atoms with Crippen LogP contribution in [0.5, 0.6) is 0 Å². The van der Waals surface area contributed by atoms with Crippen molar-refractivity contribution in [3.63, 3.8) is 0 Å². The number of hydrogen-bond acceptors (Lipinski definition) is 1. The van der Waals surface area contributed by atoms with E-state index >= 15 is 0 Å². The van der Waals surface area contributed by atoms with Gasteiger partial charge in [-0.3, -0.25) is 4.79 Å². The Balaban J connectivity index is 2.78. The van der Waals surface area contributed by atoms with Gasteiger partial charge in [0.1, 0.15) is 0 Å². The number of carboxylic acids is 1. The van der Waals surface area contributed by atoms with Crippen LogP contribution in [0.2, 0.25) is 5.02 Å². The molecule has 0 radical (unpaired) electrons. The summed E-state index contributed by atoms with van der Waals surface area (Å²) in [5.41, 5.74) is 0.909. The van der Waals surface area contributed by atoms with Crippen LogP contribution in [0.4, 0.5) is 0 Å². The Morgan fingerprint density at radius 2 is 1.93 bits per heavy atom. The second-order valence-corrected chi connectivity index (χ2v) is 3.75. The zero-order chi connectivity index (χ0) is 10.6. The first kappa shape index (κ1) is 11.3. The molecule has 1 rings (SSSR count). The molecule has 1 atom stereocenters. The number of carbonyl (C=O) groups is 1. The molecule has 0 saturated carbocycles. The summed E-state index contributed by atoms with van der Waals surface area (Å²) in [6.07, 6.45) is 0.0468. The molecule has 0 aliphatic carbocycles. The molecule has 2 nitrogen and oxygen atoms in total. The van der Waals surface area contributed by atoms with E-state index in [2.05, 4.69) is 0 Å². The van der Waals surface area contributed by atoms with Crippen molar-refractivity contribution >= 4 is 29.2 Å². The number of benzene rings is 1. The second kappa shape index (κ2) is 5.23. The molecule has 0 saturated heterocycles. The number of halogens is 2. The fourth-order valence-corrected chi connectivity index (χ4v) is 1.62. The minimum Gasteiger partial charge on any atom is -0.481 e. The molecule has 0 aliphatic rings. The zero-order valence-electron chi connectivity index (χ0n) is 7.41. The summed E-state index contributed by atoms with van der Waals surface area (Å²) >= 11 is 11.4. The van der Waals surface area contributed by atoms with Gasteiger partial charge in [0.25, 0.3) is 0 Å². The molecular formula is C10H10Cl2O2. The van der Waals surface area contributed by atoms with Crippen LogP contribution in [0.15, 0.2) is 24.3 Å². The highest BCUT2D eigenvalue weighted by molar-refractivity contribution is 6.30. The maximum absolute atomic E-state index is 10.5. The van der Waals surface area contributed by atoms with Crippen LogP contribution in [0, 0.1) is 0 Å². The van der Waals surface area contributed by atoms with Crippen molar-refractivity contribution in [3.8, 4) is 0 Å². The molecule has 1 N–H and O–H groups in total. The molecule has 0 amide bonds. The normalized spacial score (nSPS) is 12.4. The van der Waals surface area contributed by atoms with Gasteiger partial charge >= 0.3 is 5.97 Å². The maximum Gasteiger partial charge on any atom is 0.304 e. The van der Waals surface area contributed by atoms with E-state index in [1.807, 2.05) is 0 Å². The van der Waals surface area contributed by atoms with E-state index in [-0.39, 0.29) is 12.3 Å². The molecule has 0 spiro atoms. The van der Waals surface area contributed by atoms with E-state index in [4.69, 9.17) is 28.3 Å². The topological polar surface area (TPSA) is 37.3 Å². The number of rotatable bonds is 4. The molecule has 0 bridgehead atoms. The van der Waals surface area contributed by atoms with Crippen molar-refractivity contribution in [2.75, 3.05) is 5.88 Å². The predicted molar refractivity (Wildman–Crippen MR) is 57.2 cm³/mol. The summed E-state index contributed by atoms with van der Waals surface area (Å²) in [7, 11) is 0. The Morgan fingerprint density at radius 3 is 2.36 bits per heavy atom. The van der Waals surface area contributed by atoms with E-state index in [9.17, 15) is 4.79 Å². The lowest BCUT2D eigenvalue weighted by molar-refractivity contribution is -0.137. The van der Waals surface area contributed by atoms with Gasteiger partial charge in [-0.15, -0.1) is 11.6 Å². The first-order valence-corrected chi connectivity index (χ1v) is 5.08. The van der Waals surface area contributed by atoms with Gasteiger partial charge in [-0.25, -0.2) is 0 Å². The van der Waals surface area contributed by atoms with Gasteiger partial charge in [-0.1, -0.05) is 23.7 Å². The highest BCUT2D eigenvalue weighted by Gasteiger charge is 2.13. The first-order chi connectivity index (χ1) is 6.63. The Bertz CT molecular complexity index is 308. The molecule has 4 heteroatoms. The summed E-state index contributed by atoms with van der Waals surface area (Å²) in [5, 5.41) is 9.28. The Morgan fingerprint density at radius 1 is 1.36 bits per heavy atom. The van der Waals surface area contributed by atoms with E-state index in [1.165, 1.54) is 0 Å². The summed E-state index contributed by atoms with van der Waals surface area (Å²) in [6, 6.07) is 7.08. The monoisotopic (exact) mass is 232 g/mol. The van der Waals surface area contributed by atoms with Crippen LogP contribution in [0.3, 0.4) is 0 Å². The maximum atomic E-state index is 10.5. The minimum atomic E-state index is -0.842. The molecule has 76 valence electrons. The van der Waals surface area contributed by atoms with Crippen LogP contribution in [0.1, 0.15) is 17.9 Å². The van der Waals surface area contributed by atoms with Crippen molar-refractivity contribution in [2.45, 2.75) is 12.3 Å². The van der Waals surface area contributed by atoms with Crippen LogP contribution in [-0.2, 0) is 4.79 Å². The molecule has 0 unspecified atom stereocenters. The average Bonchev–Trinajstić information content (AvgIpc) is 2.15. The molecule has 0 aromatic heterocycles. The smallest absolute Gasteiger partial charge is 0.304 e. The molecule has 14 heavy (non-hydrogen) atoms. The van der Waals surface area contributed by atoms with Gasteiger partial charge in [0.15, 0.2) is 0 Å². The summed E-state index contributed by atoms with van der Waals surface area (Å²) in [5.74, 6) is -0.689.